The molecule has 1 aliphatic rings. The molecule has 0 fully saturated rings. The third kappa shape index (κ3) is 2.89. The SMILES string of the molecule is CCCNC(c1nc2c(s1)CCC2)C(C)CC. The highest BCUT2D eigenvalue weighted by atomic mass is 32.1. The van der Waals surface area contributed by atoms with Crippen molar-refractivity contribution in [1.82, 2.24) is 10.3 Å². The van der Waals surface area contributed by atoms with E-state index < -0.39 is 0 Å². The van der Waals surface area contributed by atoms with Gasteiger partial charge in [0, 0.05) is 4.88 Å². The third-order valence-electron chi connectivity index (χ3n) is 3.71. The van der Waals surface area contributed by atoms with Crippen LogP contribution in [0.2, 0.25) is 0 Å². The summed E-state index contributed by atoms with van der Waals surface area (Å²) in [6.45, 7) is 7.92. The van der Waals surface area contributed by atoms with Crippen LogP contribution in [-0.4, -0.2) is 11.5 Å². The molecule has 0 spiro atoms. The Labute approximate surface area is 109 Å². The first-order valence-electron chi connectivity index (χ1n) is 6.98. The van der Waals surface area contributed by atoms with Gasteiger partial charge in [0.15, 0.2) is 0 Å². The normalized spacial score (nSPS) is 18.1. The van der Waals surface area contributed by atoms with Gasteiger partial charge in [0.05, 0.1) is 11.7 Å². The molecule has 2 unspecified atom stereocenters. The van der Waals surface area contributed by atoms with Crippen molar-refractivity contribution in [3.63, 3.8) is 0 Å². The van der Waals surface area contributed by atoms with Crippen molar-refractivity contribution in [3.05, 3.63) is 15.6 Å². The molecule has 1 heterocycles. The molecule has 96 valence electrons. The molecule has 0 radical (unpaired) electrons. The van der Waals surface area contributed by atoms with Crippen molar-refractivity contribution in [2.24, 2.45) is 5.92 Å². The highest BCUT2D eigenvalue weighted by Crippen LogP contribution is 2.34. The van der Waals surface area contributed by atoms with Crippen LogP contribution in [-0.2, 0) is 12.8 Å². The fourth-order valence-electron chi connectivity index (χ4n) is 2.41. The molecule has 0 amide bonds. The molecule has 2 atom stereocenters. The van der Waals surface area contributed by atoms with Crippen LogP contribution in [0.4, 0.5) is 0 Å². The van der Waals surface area contributed by atoms with Crippen molar-refractivity contribution in [1.29, 1.82) is 0 Å². The van der Waals surface area contributed by atoms with Gasteiger partial charge in [-0.1, -0.05) is 27.2 Å². The zero-order valence-corrected chi connectivity index (χ0v) is 12.1. The first kappa shape index (κ1) is 13.0. The minimum Gasteiger partial charge on any atom is -0.308 e. The fourth-order valence-corrected chi connectivity index (χ4v) is 3.77. The van der Waals surface area contributed by atoms with Crippen molar-refractivity contribution in [2.75, 3.05) is 6.54 Å². The lowest BCUT2D eigenvalue weighted by Crippen LogP contribution is -2.27. The quantitative estimate of drug-likeness (QED) is 0.834. The average Bonchev–Trinajstić information content (AvgIpc) is 2.89. The average molecular weight is 252 g/mol. The molecule has 3 heteroatoms. The molecular weight excluding hydrogens is 228 g/mol. The largest absolute Gasteiger partial charge is 0.308 e. The summed E-state index contributed by atoms with van der Waals surface area (Å²) in [5.74, 6) is 0.674. The minimum atomic E-state index is 0.468. The maximum atomic E-state index is 4.87. The number of rotatable bonds is 6. The highest BCUT2D eigenvalue weighted by Gasteiger charge is 2.24. The van der Waals surface area contributed by atoms with E-state index in [0.29, 0.717) is 12.0 Å². The molecule has 0 aromatic carbocycles. The van der Waals surface area contributed by atoms with E-state index in [2.05, 4.69) is 26.1 Å². The predicted octanol–water partition coefficient (Wildman–Crippen LogP) is 3.72. The Balaban J connectivity index is 2.13. The zero-order valence-electron chi connectivity index (χ0n) is 11.3. The Morgan fingerprint density at radius 1 is 1.35 bits per heavy atom. The molecule has 1 aromatic heterocycles. The third-order valence-corrected chi connectivity index (χ3v) is 4.95. The summed E-state index contributed by atoms with van der Waals surface area (Å²) in [4.78, 5) is 6.42. The zero-order chi connectivity index (χ0) is 12.3. The lowest BCUT2D eigenvalue weighted by Gasteiger charge is -2.22. The van der Waals surface area contributed by atoms with Crippen molar-refractivity contribution >= 4 is 11.3 Å². The van der Waals surface area contributed by atoms with E-state index in [9.17, 15) is 0 Å². The first-order chi connectivity index (χ1) is 8.26. The second-order valence-electron chi connectivity index (χ2n) is 5.09. The van der Waals surface area contributed by atoms with Gasteiger partial charge >= 0.3 is 0 Å². The van der Waals surface area contributed by atoms with Gasteiger partial charge in [0.2, 0.25) is 0 Å². The second kappa shape index (κ2) is 5.96. The van der Waals surface area contributed by atoms with Crippen LogP contribution in [0, 0.1) is 5.92 Å². The number of thiazole rings is 1. The van der Waals surface area contributed by atoms with Crippen LogP contribution >= 0.6 is 11.3 Å². The summed E-state index contributed by atoms with van der Waals surface area (Å²) in [5, 5.41) is 5.00. The van der Waals surface area contributed by atoms with E-state index in [0.717, 1.165) is 6.54 Å². The van der Waals surface area contributed by atoms with Gasteiger partial charge in [-0.3, -0.25) is 0 Å². The molecule has 2 rings (SSSR count). The molecule has 2 nitrogen and oxygen atoms in total. The summed E-state index contributed by atoms with van der Waals surface area (Å²) in [6.07, 6.45) is 6.18. The topological polar surface area (TPSA) is 24.9 Å². The van der Waals surface area contributed by atoms with Gasteiger partial charge in [-0.25, -0.2) is 4.98 Å². The standard InChI is InChI=1S/C14H24N2S/c1-4-9-15-13(10(3)5-2)14-16-11-7-6-8-12(11)17-14/h10,13,15H,4-9H2,1-3H3. The van der Waals surface area contributed by atoms with Crippen LogP contribution in [0.25, 0.3) is 0 Å². The Morgan fingerprint density at radius 3 is 2.82 bits per heavy atom. The monoisotopic (exact) mass is 252 g/mol. The highest BCUT2D eigenvalue weighted by molar-refractivity contribution is 7.11. The van der Waals surface area contributed by atoms with Gasteiger partial charge in [-0.2, -0.15) is 0 Å². The smallest absolute Gasteiger partial charge is 0.110 e. The van der Waals surface area contributed by atoms with Crippen LogP contribution in [0.15, 0.2) is 0 Å². The van der Waals surface area contributed by atoms with Crippen LogP contribution in [0.3, 0.4) is 0 Å². The predicted molar refractivity (Wildman–Crippen MR) is 74.6 cm³/mol. The molecule has 17 heavy (non-hydrogen) atoms. The van der Waals surface area contributed by atoms with Crippen LogP contribution < -0.4 is 5.32 Å². The van der Waals surface area contributed by atoms with Gasteiger partial charge in [0.25, 0.3) is 0 Å². The minimum absolute atomic E-state index is 0.468. The summed E-state index contributed by atoms with van der Waals surface area (Å²) in [6, 6.07) is 0.468. The van der Waals surface area contributed by atoms with E-state index in [1.165, 1.54) is 42.8 Å². The number of hydrogen-bond acceptors (Lipinski definition) is 3. The molecule has 1 aromatic rings. The first-order valence-corrected chi connectivity index (χ1v) is 7.79. The second-order valence-corrected chi connectivity index (χ2v) is 6.21. The van der Waals surface area contributed by atoms with Crippen molar-refractivity contribution in [3.8, 4) is 0 Å². The lowest BCUT2D eigenvalue weighted by atomic mass is 9.99. The number of nitrogens with one attached hydrogen (secondary N) is 1. The summed E-state index contributed by atoms with van der Waals surface area (Å²) in [5.41, 5.74) is 1.39. The van der Waals surface area contributed by atoms with Crippen LogP contribution in [0.1, 0.15) is 61.7 Å². The molecule has 0 bridgehead atoms. The molecule has 0 aliphatic heterocycles. The fraction of sp³-hybridized carbons (Fsp3) is 0.786. The van der Waals surface area contributed by atoms with Crippen molar-refractivity contribution < 1.29 is 0 Å². The van der Waals surface area contributed by atoms with Crippen molar-refractivity contribution in [2.45, 2.75) is 58.9 Å². The summed E-state index contributed by atoms with van der Waals surface area (Å²) in [7, 11) is 0. The Morgan fingerprint density at radius 2 is 2.18 bits per heavy atom. The lowest BCUT2D eigenvalue weighted by molar-refractivity contribution is 0.375. The maximum absolute atomic E-state index is 4.87. The number of hydrogen-bond donors (Lipinski definition) is 1. The van der Waals surface area contributed by atoms with Gasteiger partial charge in [-0.05, 0) is 38.1 Å². The summed E-state index contributed by atoms with van der Waals surface area (Å²) < 4.78 is 0. The molecule has 1 N–H and O–H groups in total. The molecule has 1 aliphatic carbocycles. The number of aryl methyl sites for hydroxylation is 2. The Kier molecular flexibility index (Phi) is 4.57. The molecular formula is C14H24N2S. The number of nitrogens with zero attached hydrogens (tertiary/aromatic N) is 1. The van der Waals surface area contributed by atoms with Gasteiger partial charge in [-0.15, -0.1) is 11.3 Å². The van der Waals surface area contributed by atoms with Crippen LogP contribution in [0.5, 0.6) is 0 Å². The summed E-state index contributed by atoms with van der Waals surface area (Å²) >= 11 is 1.95. The number of fused-ring (bicyclic) bond motifs is 1. The maximum Gasteiger partial charge on any atom is 0.110 e. The van der Waals surface area contributed by atoms with E-state index in [4.69, 9.17) is 4.98 Å². The van der Waals surface area contributed by atoms with E-state index in [1.54, 1.807) is 4.88 Å². The number of aromatic nitrogens is 1. The molecule has 0 saturated carbocycles. The van der Waals surface area contributed by atoms with E-state index >= 15 is 0 Å². The Bertz CT molecular complexity index is 338. The van der Waals surface area contributed by atoms with E-state index in [1.807, 2.05) is 11.3 Å². The molecule has 0 saturated heterocycles. The van der Waals surface area contributed by atoms with E-state index in [-0.39, 0.29) is 0 Å². The van der Waals surface area contributed by atoms with Gasteiger partial charge < -0.3 is 5.32 Å². The van der Waals surface area contributed by atoms with Gasteiger partial charge in [0.1, 0.15) is 5.01 Å². The Hall–Kier alpha value is -0.410.